The van der Waals surface area contributed by atoms with Gasteiger partial charge in [0.1, 0.15) is 0 Å². The molecule has 3 rings (SSSR count). The number of carbonyl (C=O) groups excluding carboxylic acids is 1. The van der Waals surface area contributed by atoms with E-state index in [0.717, 1.165) is 16.0 Å². The maximum atomic E-state index is 12.1. The third-order valence-electron chi connectivity index (χ3n) is 2.96. The number of esters is 1. The lowest BCUT2D eigenvalue weighted by molar-refractivity contribution is -0.129. The number of rotatable bonds is 3. The van der Waals surface area contributed by atoms with Crippen LogP contribution in [-0.2, 0) is 9.53 Å². The van der Waals surface area contributed by atoms with Gasteiger partial charge < -0.3 is 4.74 Å². The van der Waals surface area contributed by atoms with Crippen LogP contribution in [0.3, 0.4) is 0 Å². The van der Waals surface area contributed by atoms with E-state index in [-0.39, 0.29) is 0 Å². The van der Waals surface area contributed by atoms with Crippen molar-refractivity contribution in [3.8, 4) is 0 Å². The maximum Gasteiger partial charge on any atom is 0.365 e. The van der Waals surface area contributed by atoms with E-state index < -0.39 is 5.97 Å². The highest BCUT2D eigenvalue weighted by Gasteiger charge is 2.27. The molecule has 0 bridgehead atoms. The first kappa shape index (κ1) is 13.6. The molecule has 5 heteroatoms. The summed E-state index contributed by atoms with van der Waals surface area (Å²) in [7, 11) is 0. The summed E-state index contributed by atoms with van der Waals surface area (Å²) < 4.78 is 5.28. The maximum absolute atomic E-state index is 12.1. The van der Waals surface area contributed by atoms with Crippen molar-refractivity contribution in [3.05, 3.63) is 71.7 Å². The molecule has 0 amide bonds. The van der Waals surface area contributed by atoms with Gasteiger partial charge >= 0.3 is 5.97 Å². The van der Waals surface area contributed by atoms with Gasteiger partial charge in [-0.1, -0.05) is 24.3 Å². The van der Waals surface area contributed by atoms with Crippen molar-refractivity contribution in [1.82, 2.24) is 4.98 Å². The lowest BCUT2D eigenvalue weighted by atomic mass is 10.2. The van der Waals surface area contributed by atoms with E-state index in [2.05, 4.69) is 9.98 Å². The molecule has 1 aliphatic rings. The molecular formula is C16H12N2O2S. The van der Waals surface area contributed by atoms with Crippen LogP contribution in [0.15, 0.2) is 65.5 Å². The monoisotopic (exact) mass is 296 g/mol. The van der Waals surface area contributed by atoms with E-state index in [9.17, 15) is 4.79 Å². The normalized spacial score (nSPS) is 16.4. The van der Waals surface area contributed by atoms with E-state index >= 15 is 0 Å². The number of aliphatic imine (C=N–C) groups is 1. The number of hydrogen-bond donors (Lipinski definition) is 0. The fourth-order valence-corrected chi connectivity index (χ4v) is 2.68. The van der Waals surface area contributed by atoms with Crippen LogP contribution in [-0.4, -0.2) is 23.1 Å². The van der Waals surface area contributed by atoms with Crippen LogP contribution in [0.25, 0.3) is 4.91 Å². The number of ether oxygens (including phenoxy) is 1. The number of pyridine rings is 1. The molecular weight excluding hydrogens is 284 g/mol. The van der Waals surface area contributed by atoms with E-state index in [1.165, 1.54) is 11.8 Å². The minimum absolute atomic E-state index is 0.328. The molecule has 0 fully saturated rings. The summed E-state index contributed by atoms with van der Waals surface area (Å²) in [4.78, 5) is 21.3. The second kappa shape index (κ2) is 5.93. The van der Waals surface area contributed by atoms with E-state index in [1.807, 2.05) is 48.7 Å². The Hall–Kier alpha value is -2.40. The van der Waals surface area contributed by atoms with Crippen molar-refractivity contribution in [1.29, 1.82) is 0 Å². The van der Waals surface area contributed by atoms with Gasteiger partial charge in [-0.2, -0.15) is 0 Å². The van der Waals surface area contributed by atoms with Gasteiger partial charge in [-0.3, -0.25) is 4.98 Å². The second-order valence-corrected chi connectivity index (χ2v) is 5.11. The summed E-state index contributed by atoms with van der Waals surface area (Å²) in [5.41, 5.74) is 1.97. The van der Waals surface area contributed by atoms with Crippen LogP contribution in [0.5, 0.6) is 0 Å². The number of hydrogen-bond acceptors (Lipinski definition) is 5. The minimum atomic E-state index is -0.429. The van der Waals surface area contributed by atoms with Gasteiger partial charge in [-0.05, 0) is 24.5 Å². The summed E-state index contributed by atoms with van der Waals surface area (Å²) in [6.07, 6.45) is 5.30. The Morgan fingerprint density at radius 2 is 1.95 bits per heavy atom. The molecule has 0 saturated heterocycles. The molecule has 0 aliphatic carbocycles. The number of carbonyl (C=O) groups is 1. The van der Waals surface area contributed by atoms with Crippen LogP contribution in [0.1, 0.15) is 11.1 Å². The molecule has 21 heavy (non-hydrogen) atoms. The Morgan fingerprint density at radius 1 is 1.14 bits per heavy atom. The highest BCUT2D eigenvalue weighted by Crippen LogP contribution is 2.32. The zero-order valence-electron chi connectivity index (χ0n) is 11.3. The van der Waals surface area contributed by atoms with Crippen molar-refractivity contribution in [2.24, 2.45) is 4.99 Å². The van der Waals surface area contributed by atoms with Gasteiger partial charge in [-0.25, -0.2) is 9.79 Å². The predicted octanol–water partition coefficient (Wildman–Crippen LogP) is 3.12. The number of benzene rings is 1. The molecule has 4 nitrogen and oxygen atoms in total. The Labute approximate surface area is 126 Å². The molecule has 0 radical (unpaired) electrons. The first-order chi connectivity index (χ1) is 10.3. The van der Waals surface area contributed by atoms with E-state index in [0.29, 0.717) is 11.6 Å². The van der Waals surface area contributed by atoms with Gasteiger partial charge in [0.25, 0.3) is 0 Å². The molecule has 1 aromatic heterocycles. The average molecular weight is 296 g/mol. The fraction of sp³-hybridized carbons (Fsp3) is 0.0625. The van der Waals surface area contributed by atoms with Crippen LogP contribution in [0, 0.1) is 0 Å². The number of thioether (sulfide) groups is 1. The average Bonchev–Trinajstić information content (AvgIpc) is 2.92. The molecule has 1 aromatic carbocycles. The van der Waals surface area contributed by atoms with Gasteiger partial charge in [0.15, 0.2) is 5.70 Å². The predicted molar refractivity (Wildman–Crippen MR) is 83.7 cm³/mol. The van der Waals surface area contributed by atoms with Crippen molar-refractivity contribution in [2.45, 2.75) is 0 Å². The van der Waals surface area contributed by atoms with Gasteiger partial charge in [0.2, 0.25) is 5.90 Å². The highest BCUT2D eigenvalue weighted by atomic mass is 32.2. The third-order valence-corrected chi connectivity index (χ3v) is 3.80. The Kier molecular flexibility index (Phi) is 3.83. The summed E-state index contributed by atoms with van der Waals surface area (Å²) in [5, 5.41) is 0. The van der Waals surface area contributed by atoms with E-state index in [4.69, 9.17) is 4.74 Å². The van der Waals surface area contributed by atoms with Crippen LogP contribution < -0.4 is 0 Å². The summed E-state index contributed by atoms with van der Waals surface area (Å²) >= 11 is 1.45. The zero-order valence-corrected chi connectivity index (χ0v) is 12.1. The minimum Gasteiger partial charge on any atom is -0.402 e. The number of aromatic nitrogens is 1. The van der Waals surface area contributed by atoms with Gasteiger partial charge in [-0.15, -0.1) is 11.8 Å². The molecule has 0 spiro atoms. The van der Waals surface area contributed by atoms with E-state index in [1.54, 1.807) is 12.4 Å². The van der Waals surface area contributed by atoms with Crippen molar-refractivity contribution >= 4 is 28.5 Å². The molecule has 2 heterocycles. The SMILES string of the molecule is CS/C(=C1\N=C(c2ccccc2)OC1=O)c1cccnc1. The van der Waals surface area contributed by atoms with Crippen molar-refractivity contribution in [2.75, 3.05) is 6.26 Å². The Morgan fingerprint density at radius 3 is 2.62 bits per heavy atom. The van der Waals surface area contributed by atoms with Crippen LogP contribution >= 0.6 is 11.8 Å². The van der Waals surface area contributed by atoms with Gasteiger partial charge in [0, 0.05) is 28.4 Å². The summed E-state index contributed by atoms with van der Waals surface area (Å²) in [6, 6.07) is 13.1. The molecule has 0 atom stereocenters. The molecule has 2 aromatic rings. The lowest BCUT2D eigenvalue weighted by Crippen LogP contribution is -2.05. The Balaban J connectivity index is 2.07. The lowest BCUT2D eigenvalue weighted by Gasteiger charge is -2.03. The molecule has 104 valence electrons. The summed E-state index contributed by atoms with van der Waals surface area (Å²) in [6.45, 7) is 0. The summed E-state index contributed by atoms with van der Waals surface area (Å²) in [5.74, 6) is -0.0897. The fourth-order valence-electron chi connectivity index (χ4n) is 2.00. The molecule has 0 saturated carbocycles. The quantitative estimate of drug-likeness (QED) is 0.645. The standard InChI is InChI=1S/C16H12N2O2S/c1-21-14(12-8-5-9-17-10-12)13-16(19)20-15(18-13)11-6-3-2-4-7-11/h2-10H,1H3/b14-13-. The van der Waals surface area contributed by atoms with Gasteiger partial charge in [0.05, 0.1) is 0 Å². The molecule has 0 N–H and O–H groups in total. The second-order valence-electron chi connectivity index (χ2n) is 4.30. The molecule has 1 aliphatic heterocycles. The third kappa shape index (κ3) is 2.73. The number of nitrogens with zero attached hydrogens (tertiary/aromatic N) is 2. The number of cyclic esters (lactones) is 1. The topological polar surface area (TPSA) is 51.5 Å². The largest absolute Gasteiger partial charge is 0.402 e. The first-order valence-electron chi connectivity index (χ1n) is 6.34. The zero-order chi connectivity index (χ0) is 14.7. The van der Waals surface area contributed by atoms with Crippen molar-refractivity contribution in [3.63, 3.8) is 0 Å². The first-order valence-corrected chi connectivity index (χ1v) is 7.57. The van der Waals surface area contributed by atoms with Crippen LogP contribution in [0.4, 0.5) is 0 Å². The highest BCUT2D eigenvalue weighted by molar-refractivity contribution is 8.07. The van der Waals surface area contributed by atoms with Crippen LogP contribution in [0.2, 0.25) is 0 Å². The smallest absolute Gasteiger partial charge is 0.365 e. The molecule has 0 unspecified atom stereocenters. The van der Waals surface area contributed by atoms with Crippen molar-refractivity contribution < 1.29 is 9.53 Å². The Bertz CT molecular complexity index is 724.